The lowest BCUT2D eigenvalue weighted by molar-refractivity contribution is 0.326. The van der Waals surface area contributed by atoms with Gasteiger partial charge in [-0.05, 0) is 44.0 Å². The van der Waals surface area contributed by atoms with Gasteiger partial charge in [0, 0.05) is 36.6 Å². The average molecular weight is 256 g/mol. The zero-order valence-electron chi connectivity index (χ0n) is 11.6. The van der Waals surface area contributed by atoms with E-state index < -0.39 is 0 Å². The Morgan fingerprint density at radius 3 is 2.89 bits per heavy atom. The number of aryl methyl sites for hydroxylation is 2. The Kier molecular flexibility index (Phi) is 3.34. The summed E-state index contributed by atoms with van der Waals surface area (Å²) in [5.74, 6) is 0.598. The fourth-order valence-corrected chi connectivity index (χ4v) is 2.83. The van der Waals surface area contributed by atoms with Crippen molar-refractivity contribution in [3.63, 3.8) is 0 Å². The van der Waals surface area contributed by atoms with Crippen molar-refractivity contribution < 1.29 is 0 Å². The molecule has 1 atom stereocenters. The van der Waals surface area contributed by atoms with Crippen LogP contribution in [0.2, 0.25) is 0 Å². The second-order valence-electron chi connectivity index (χ2n) is 5.50. The van der Waals surface area contributed by atoms with E-state index in [4.69, 9.17) is 0 Å². The normalized spacial score (nSPS) is 20.0. The largest absolute Gasteiger partial charge is 0.298 e. The van der Waals surface area contributed by atoms with E-state index in [1.54, 1.807) is 0 Å². The van der Waals surface area contributed by atoms with E-state index in [-0.39, 0.29) is 0 Å². The second-order valence-corrected chi connectivity index (χ2v) is 5.50. The first kappa shape index (κ1) is 12.4. The lowest BCUT2D eigenvalue weighted by atomic mass is 10.0. The number of rotatable bonds is 3. The van der Waals surface area contributed by atoms with Crippen LogP contribution in [0.3, 0.4) is 0 Å². The third kappa shape index (κ3) is 2.68. The minimum Gasteiger partial charge on any atom is -0.298 e. The van der Waals surface area contributed by atoms with Gasteiger partial charge in [0.25, 0.3) is 0 Å². The van der Waals surface area contributed by atoms with E-state index in [0.29, 0.717) is 5.92 Å². The van der Waals surface area contributed by atoms with Gasteiger partial charge in [0.05, 0.1) is 6.20 Å². The highest BCUT2D eigenvalue weighted by Gasteiger charge is 2.25. The molecule has 3 heterocycles. The van der Waals surface area contributed by atoms with Gasteiger partial charge in [-0.15, -0.1) is 0 Å². The minimum absolute atomic E-state index is 0.598. The third-order valence-corrected chi connectivity index (χ3v) is 3.93. The van der Waals surface area contributed by atoms with Crippen molar-refractivity contribution in [2.75, 3.05) is 13.1 Å². The van der Waals surface area contributed by atoms with Crippen LogP contribution >= 0.6 is 0 Å². The van der Waals surface area contributed by atoms with E-state index in [2.05, 4.69) is 39.1 Å². The van der Waals surface area contributed by atoms with Crippen LogP contribution in [0.25, 0.3) is 0 Å². The van der Waals surface area contributed by atoms with Crippen molar-refractivity contribution in [3.8, 4) is 0 Å². The molecule has 1 aliphatic heterocycles. The number of likely N-dealkylation sites (tertiary alicyclic amines) is 1. The van der Waals surface area contributed by atoms with Gasteiger partial charge in [-0.3, -0.25) is 15.0 Å². The molecule has 2 aromatic rings. The van der Waals surface area contributed by atoms with Gasteiger partial charge in [-0.2, -0.15) is 5.10 Å². The number of hydrogen-bond acceptors (Lipinski definition) is 3. The van der Waals surface area contributed by atoms with Crippen molar-refractivity contribution in [1.29, 1.82) is 0 Å². The first-order chi connectivity index (χ1) is 9.22. The quantitative estimate of drug-likeness (QED) is 0.917. The van der Waals surface area contributed by atoms with Crippen molar-refractivity contribution in [1.82, 2.24) is 20.1 Å². The monoisotopic (exact) mass is 256 g/mol. The van der Waals surface area contributed by atoms with Crippen LogP contribution in [0.15, 0.2) is 24.5 Å². The summed E-state index contributed by atoms with van der Waals surface area (Å²) in [6.07, 6.45) is 5.12. The molecule has 0 saturated carbocycles. The zero-order valence-corrected chi connectivity index (χ0v) is 11.6. The summed E-state index contributed by atoms with van der Waals surface area (Å²) in [5.41, 5.74) is 4.97. The van der Waals surface area contributed by atoms with E-state index in [1.807, 2.05) is 19.3 Å². The highest BCUT2D eigenvalue weighted by molar-refractivity contribution is 5.20. The molecule has 1 fully saturated rings. The summed E-state index contributed by atoms with van der Waals surface area (Å²) in [6.45, 7) is 7.41. The van der Waals surface area contributed by atoms with Crippen LogP contribution in [0.1, 0.15) is 34.9 Å². The molecule has 0 aliphatic carbocycles. The summed E-state index contributed by atoms with van der Waals surface area (Å²) in [6, 6.07) is 4.26. The van der Waals surface area contributed by atoms with Gasteiger partial charge in [0.15, 0.2) is 0 Å². The van der Waals surface area contributed by atoms with Gasteiger partial charge in [-0.1, -0.05) is 6.07 Å². The minimum atomic E-state index is 0.598. The molecule has 0 amide bonds. The molecule has 4 heteroatoms. The number of aromatic nitrogens is 3. The van der Waals surface area contributed by atoms with E-state index in [0.717, 1.165) is 25.3 Å². The smallest absolute Gasteiger partial charge is 0.0519 e. The molecule has 1 aliphatic rings. The average Bonchev–Trinajstić information content (AvgIpc) is 3.01. The van der Waals surface area contributed by atoms with Crippen molar-refractivity contribution in [2.24, 2.45) is 0 Å². The molecule has 0 radical (unpaired) electrons. The predicted octanol–water partition coefficient (Wildman–Crippen LogP) is 2.41. The molecule has 0 spiro atoms. The van der Waals surface area contributed by atoms with Crippen LogP contribution in [-0.4, -0.2) is 33.2 Å². The Labute approximate surface area is 113 Å². The molecule has 0 bridgehead atoms. The number of pyridine rings is 1. The molecular formula is C15H20N4. The van der Waals surface area contributed by atoms with Crippen molar-refractivity contribution >= 4 is 0 Å². The van der Waals surface area contributed by atoms with E-state index >= 15 is 0 Å². The summed E-state index contributed by atoms with van der Waals surface area (Å²) >= 11 is 0. The summed E-state index contributed by atoms with van der Waals surface area (Å²) in [4.78, 5) is 6.86. The van der Waals surface area contributed by atoms with Gasteiger partial charge < -0.3 is 0 Å². The number of hydrogen-bond donors (Lipinski definition) is 1. The van der Waals surface area contributed by atoms with Crippen molar-refractivity contribution in [2.45, 2.75) is 32.7 Å². The van der Waals surface area contributed by atoms with Gasteiger partial charge >= 0.3 is 0 Å². The molecule has 0 aromatic carbocycles. The fourth-order valence-electron chi connectivity index (χ4n) is 2.83. The Morgan fingerprint density at radius 1 is 1.32 bits per heavy atom. The maximum absolute atomic E-state index is 4.36. The molecule has 1 saturated heterocycles. The number of nitrogens with one attached hydrogen (secondary N) is 1. The number of H-pyrrole nitrogens is 1. The Morgan fingerprint density at radius 2 is 2.21 bits per heavy atom. The summed E-state index contributed by atoms with van der Waals surface area (Å²) in [5, 5.41) is 7.28. The first-order valence-electron chi connectivity index (χ1n) is 6.86. The predicted molar refractivity (Wildman–Crippen MR) is 74.9 cm³/mol. The summed E-state index contributed by atoms with van der Waals surface area (Å²) < 4.78 is 0. The molecule has 1 N–H and O–H groups in total. The molecule has 100 valence electrons. The fraction of sp³-hybridized carbons (Fsp3) is 0.467. The molecule has 4 nitrogen and oxygen atoms in total. The van der Waals surface area contributed by atoms with Gasteiger partial charge in [-0.25, -0.2) is 0 Å². The number of nitrogens with zero attached hydrogens (tertiary/aromatic N) is 3. The topological polar surface area (TPSA) is 44.8 Å². The SMILES string of the molecule is Cc1ccc(CN2CC[C@@H](c3[nH]ncc3C)C2)cn1. The lowest BCUT2D eigenvalue weighted by Crippen LogP contribution is -2.20. The highest BCUT2D eigenvalue weighted by Crippen LogP contribution is 2.28. The Balaban J connectivity index is 1.63. The molecule has 0 unspecified atom stereocenters. The maximum atomic E-state index is 4.36. The first-order valence-corrected chi connectivity index (χ1v) is 6.86. The molecule has 3 rings (SSSR count). The lowest BCUT2D eigenvalue weighted by Gasteiger charge is -2.15. The number of aromatic amines is 1. The van der Waals surface area contributed by atoms with E-state index in [9.17, 15) is 0 Å². The van der Waals surface area contributed by atoms with Crippen molar-refractivity contribution in [3.05, 3.63) is 47.0 Å². The highest BCUT2D eigenvalue weighted by atomic mass is 15.2. The zero-order chi connectivity index (χ0) is 13.2. The molecule has 2 aromatic heterocycles. The Bertz CT molecular complexity index is 544. The third-order valence-electron chi connectivity index (χ3n) is 3.93. The van der Waals surface area contributed by atoms with Gasteiger partial charge in [0.2, 0.25) is 0 Å². The molecule has 19 heavy (non-hydrogen) atoms. The van der Waals surface area contributed by atoms with Crippen LogP contribution < -0.4 is 0 Å². The van der Waals surface area contributed by atoms with Crippen LogP contribution in [0.5, 0.6) is 0 Å². The van der Waals surface area contributed by atoms with Crippen LogP contribution in [0.4, 0.5) is 0 Å². The van der Waals surface area contributed by atoms with Crippen LogP contribution in [0, 0.1) is 13.8 Å². The van der Waals surface area contributed by atoms with Gasteiger partial charge in [0.1, 0.15) is 0 Å². The maximum Gasteiger partial charge on any atom is 0.0519 e. The Hall–Kier alpha value is -1.68. The van der Waals surface area contributed by atoms with Crippen LogP contribution in [-0.2, 0) is 6.54 Å². The summed E-state index contributed by atoms with van der Waals surface area (Å²) in [7, 11) is 0. The van der Waals surface area contributed by atoms with E-state index in [1.165, 1.54) is 23.2 Å². The molecular weight excluding hydrogens is 236 g/mol. The second kappa shape index (κ2) is 5.13. The standard InChI is InChI=1S/C15H20N4/c1-11-7-17-18-15(11)14-5-6-19(10-14)9-13-4-3-12(2)16-8-13/h3-4,7-8,14H,5-6,9-10H2,1-2H3,(H,17,18)/t14-/m1/s1.